The summed E-state index contributed by atoms with van der Waals surface area (Å²) in [7, 11) is 2.12. The normalized spacial score (nSPS) is 21.6. The van der Waals surface area contributed by atoms with E-state index in [2.05, 4.69) is 40.7 Å². The molecule has 3 atom stereocenters. The zero-order valence-electron chi connectivity index (χ0n) is 21.4. The third kappa shape index (κ3) is 6.61. The summed E-state index contributed by atoms with van der Waals surface area (Å²) in [6.45, 7) is 7.69. The van der Waals surface area contributed by atoms with Gasteiger partial charge in [-0.2, -0.15) is 0 Å². The van der Waals surface area contributed by atoms with Crippen LogP contribution in [0, 0.1) is 23.7 Å². The first-order chi connectivity index (χ1) is 17.4. The highest BCUT2D eigenvalue weighted by atomic mass is 16.5. The van der Waals surface area contributed by atoms with E-state index in [1.54, 1.807) is 29.6 Å². The van der Waals surface area contributed by atoms with Crippen LogP contribution in [0.4, 0.5) is 0 Å². The van der Waals surface area contributed by atoms with Crippen molar-refractivity contribution in [1.82, 2.24) is 19.8 Å². The highest BCUT2D eigenvalue weighted by Gasteiger charge is 2.34. The van der Waals surface area contributed by atoms with Gasteiger partial charge in [-0.05, 0) is 50.9 Å². The van der Waals surface area contributed by atoms with Crippen LogP contribution in [-0.4, -0.2) is 89.4 Å². The number of ether oxygens (including phenoxy) is 2. The molecule has 0 aliphatic carbocycles. The molecule has 2 aliphatic heterocycles. The van der Waals surface area contributed by atoms with E-state index >= 15 is 0 Å². The van der Waals surface area contributed by atoms with E-state index in [1.807, 2.05) is 19.1 Å². The first-order valence-electron chi connectivity index (χ1n) is 12.7. The van der Waals surface area contributed by atoms with Crippen LogP contribution in [0.25, 0.3) is 0 Å². The summed E-state index contributed by atoms with van der Waals surface area (Å²) in [5, 5.41) is 9.87. The standard InChI is InChI=1S/C28H36N4O4/c1-20-16-32(21(2)19-33)28(34)25-14-24(5-4-22-6-10-29-11-7-22)15-30-27(25)36-26(20)18-31(3)17-23-8-12-35-13-9-23/h6-7,10-11,14-15,20-21,23,26,33H,8-9,12-13,16-19H2,1-3H3/t20-,21+,26-/m0/s1. The fourth-order valence-electron chi connectivity index (χ4n) is 4.72. The van der Waals surface area contributed by atoms with Gasteiger partial charge < -0.3 is 24.4 Å². The molecule has 1 fully saturated rings. The molecular formula is C28H36N4O4. The summed E-state index contributed by atoms with van der Waals surface area (Å²) in [6, 6.07) is 5.08. The summed E-state index contributed by atoms with van der Waals surface area (Å²) in [6.07, 6.45) is 7.03. The number of pyridine rings is 2. The Balaban J connectivity index is 1.59. The van der Waals surface area contributed by atoms with Crippen LogP contribution >= 0.6 is 0 Å². The molecule has 36 heavy (non-hydrogen) atoms. The van der Waals surface area contributed by atoms with E-state index in [1.165, 1.54) is 0 Å². The molecule has 2 aromatic heterocycles. The molecule has 8 nitrogen and oxygen atoms in total. The highest BCUT2D eigenvalue weighted by Crippen LogP contribution is 2.27. The zero-order valence-corrected chi connectivity index (χ0v) is 21.4. The van der Waals surface area contributed by atoms with E-state index in [-0.39, 0.29) is 30.6 Å². The Morgan fingerprint density at radius 2 is 1.92 bits per heavy atom. The quantitative estimate of drug-likeness (QED) is 0.620. The molecule has 1 N–H and O–H groups in total. The molecule has 1 amide bonds. The Hall–Kier alpha value is -2.99. The van der Waals surface area contributed by atoms with Crippen molar-refractivity contribution < 1.29 is 19.4 Å². The molecule has 8 heteroatoms. The van der Waals surface area contributed by atoms with Crippen LogP contribution in [0.1, 0.15) is 48.2 Å². The number of rotatable bonds is 6. The molecule has 2 aliphatic rings. The smallest absolute Gasteiger partial charge is 0.259 e. The predicted molar refractivity (Wildman–Crippen MR) is 137 cm³/mol. The van der Waals surface area contributed by atoms with Crippen LogP contribution in [-0.2, 0) is 4.74 Å². The third-order valence-corrected chi connectivity index (χ3v) is 6.95. The van der Waals surface area contributed by atoms with E-state index in [0.29, 0.717) is 29.5 Å². The molecular weight excluding hydrogens is 456 g/mol. The molecule has 0 saturated carbocycles. The lowest BCUT2D eigenvalue weighted by atomic mass is 9.97. The van der Waals surface area contributed by atoms with Crippen LogP contribution in [0.2, 0.25) is 0 Å². The zero-order chi connectivity index (χ0) is 25.5. The lowest BCUT2D eigenvalue weighted by Crippen LogP contribution is -2.50. The van der Waals surface area contributed by atoms with Crippen LogP contribution < -0.4 is 4.74 Å². The van der Waals surface area contributed by atoms with Crippen molar-refractivity contribution in [2.24, 2.45) is 11.8 Å². The minimum Gasteiger partial charge on any atom is -0.472 e. The number of amides is 1. The van der Waals surface area contributed by atoms with Gasteiger partial charge in [-0.3, -0.25) is 9.78 Å². The summed E-state index contributed by atoms with van der Waals surface area (Å²) in [5.41, 5.74) is 1.83. The van der Waals surface area contributed by atoms with Gasteiger partial charge in [0.15, 0.2) is 0 Å². The Kier molecular flexibility index (Phi) is 8.92. The van der Waals surface area contributed by atoms with Gasteiger partial charge in [0.1, 0.15) is 11.7 Å². The maximum Gasteiger partial charge on any atom is 0.259 e. The monoisotopic (exact) mass is 492 g/mol. The van der Waals surface area contributed by atoms with Crippen molar-refractivity contribution in [3.05, 3.63) is 53.5 Å². The molecule has 2 aromatic rings. The number of carbonyl (C=O) groups excluding carboxylic acids is 1. The molecule has 4 rings (SSSR count). The molecule has 1 saturated heterocycles. The van der Waals surface area contributed by atoms with Gasteiger partial charge in [0.25, 0.3) is 5.91 Å². The van der Waals surface area contributed by atoms with E-state index in [4.69, 9.17) is 9.47 Å². The van der Waals surface area contributed by atoms with Crippen molar-refractivity contribution in [3.63, 3.8) is 0 Å². The Morgan fingerprint density at radius 1 is 1.19 bits per heavy atom. The lowest BCUT2D eigenvalue weighted by molar-refractivity contribution is 0.0254. The fraction of sp³-hybridized carbons (Fsp3) is 0.536. The van der Waals surface area contributed by atoms with Crippen LogP contribution in [0.5, 0.6) is 5.88 Å². The first-order valence-corrected chi connectivity index (χ1v) is 12.7. The third-order valence-electron chi connectivity index (χ3n) is 6.95. The fourth-order valence-corrected chi connectivity index (χ4v) is 4.72. The molecule has 0 bridgehead atoms. The maximum atomic E-state index is 13.6. The number of aliphatic hydroxyl groups excluding tert-OH is 1. The largest absolute Gasteiger partial charge is 0.472 e. The Morgan fingerprint density at radius 3 is 2.64 bits per heavy atom. The van der Waals surface area contributed by atoms with Crippen molar-refractivity contribution in [3.8, 4) is 17.7 Å². The summed E-state index contributed by atoms with van der Waals surface area (Å²) >= 11 is 0. The number of likely N-dealkylation sites (N-methyl/N-ethyl adjacent to an activating group) is 1. The van der Waals surface area contributed by atoms with Gasteiger partial charge in [0.2, 0.25) is 5.88 Å². The average Bonchev–Trinajstić information content (AvgIpc) is 2.90. The van der Waals surface area contributed by atoms with Gasteiger partial charge in [-0.25, -0.2) is 4.98 Å². The van der Waals surface area contributed by atoms with Crippen molar-refractivity contribution in [2.45, 2.75) is 38.8 Å². The second-order valence-electron chi connectivity index (χ2n) is 9.96. The van der Waals surface area contributed by atoms with Gasteiger partial charge in [0, 0.05) is 68.5 Å². The summed E-state index contributed by atoms with van der Waals surface area (Å²) in [5.74, 6) is 6.97. The van der Waals surface area contributed by atoms with Crippen molar-refractivity contribution in [2.75, 3.05) is 46.5 Å². The van der Waals surface area contributed by atoms with Gasteiger partial charge >= 0.3 is 0 Å². The second kappa shape index (κ2) is 12.3. The number of aliphatic hydroxyl groups is 1. The molecule has 0 radical (unpaired) electrons. The Bertz CT molecular complexity index is 1080. The Labute approximate surface area is 213 Å². The summed E-state index contributed by atoms with van der Waals surface area (Å²) in [4.78, 5) is 26.2. The van der Waals surface area contributed by atoms with E-state index < -0.39 is 0 Å². The second-order valence-corrected chi connectivity index (χ2v) is 9.96. The van der Waals surface area contributed by atoms with Crippen molar-refractivity contribution in [1.29, 1.82) is 0 Å². The number of carbonyl (C=O) groups is 1. The number of nitrogens with zero attached hydrogens (tertiary/aromatic N) is 4. The average molecular weight is 493 g/mol. The first kappa shape index (κ1) is 26.1. The number of aromatic nitrogens is 2. The predicted octanol–water partition coefficient (Wildman–Crippen LogP) is 2.45. The van der Waals surface area contributed by atoms with Gasteiger partial charge in [-0.15, -0.1) is 0 Å². The maximum absolute atomic E-state index is 13.6. The molecule has 192 valence electrons. The molecule has 4 heterocycles. The SMILES string of the molecule is C[C@H](CO)N1C[C@H](C)[C@H](CN(C)CC2CCOCC2)Oc2ncc(C#Cc3ccncc3)cc2C1=O. The minimum absolute atomic E-state index is 0.0567. The van der Waals surface area contributed by atoms with Gasteiger partial charge in [0.05, 0.1) is 12.6 Å². The minimum atomic E-state index is -0.321. The lowest BCUT2D eigenvalue weighted by Gasteiger charge is -2.38. The topological polar surface area (TPSA) is 88.0 Å². The van der Waals surface area contributed by atoms with Crippen LogP contribution in [0.3, 0.4) is 0 Å². The number of hydrogen-bond donors (Lipinski definition) is 1. The highest BCUT2D eigenvalue weighted by molar-refractivity contribution is 5.97. The number of fused-ring (bicyclic) bond motifs is 1. The van der Waals surface area contributed by atoms with Gasteiger partial charge in [-0.1, -0.05) is 18.8 Å². The summed E-state index contributed by atoms with van der Waals surface area (Å²) < 4.78 is 11.9. The molecule has 0 unspecified atom stereocenters. The molecule has 0 aromatic carbocycles. The van der Waals surface area contributed by atoms with Crippen LogP contribution in [0.15, 0.2) is 36.8 Å². The molecule has 0 spiro atoms. The number of hydrogen-bond acceptors (Lipinski definition) is 7. The van der Waals surface area contributed by atoms with Crippen molar-refractivity contribution >= 4 is 5.91 Å². The van der Waals surface area contributed by atoms with E-state index in [9.17, 15) is 9.90 Å². The van der Waals surface area contributed by atoms with E-state index in [0.717, 1.165) is 44.7 Å².